The molecule has 0 atom stereocenters. The van der Waals surface area contributed by atoms with Gasteiger partial charge >= 0.3 is 0 Å². The molecule has 4 rings (SSSR count). The summed E-state index contributed by atoms with van der Waals surface area (Å²) in [5.41, 5.74) is 5.77. The standard InChI is InChI=1S/C10H10ClF2N3O2.C10H12ClF2N3/c11-8-5-7(16(17)18)6-14-9(8)15-3-1-10(12,13)2-4-15;11-8-5-7(14)6-15-9(8)16-3-1-10(12,13)2-4-16/h5-6H,1-4H2;5-6H,1-4,14H2. The molecule has 34 heavy (non-hydrogen) atoms. The maximum atomic E-state index is 13.0. The van der Waals surface area contributed by atoms with Gasteiger partial charge in [-0.3, -0.25) is 10.1 Å². The van der Waals surface area contributed by atoms with E-state index >= 15 is 0 Å². The van der Waals surface area contributed by atoms with E-state index < -0.39 is 16.8 Å². The first kappa shape index (κ1) is 26.0. The van der Waals surface area contributed by atoms with Crippen molar-refractivity contribution in [2.45, 2.75) is 37.5 Å². The van der Waals surface area contributed by atoms with Gasteiger partial charge in [0, 0.05) is 57.9 Å². The highest BCUT2D eigenvalue weighted by Gasteiger charge is 2.36. The number of pyridine rings is 2. The molecular weight excluding hydrogens is 503 g/mol. The van der Waals surface area contributed by atoms with Crippen LogP contribution in [0.25, 0.3) is 0 Å². The van der Waals surface area contributed by atoms with Crippen LogP contribution >= 0.6 is 23.2 Å². The first-order valence-electron chi connectivity index (χ1n) is 10.3. The van der Waals surface area contributed by atoms with E-state index in [1.807, 2.05) is 0 Å². The van der Waals surface area contributed by atoms with E-state index in [-0.39, 0.29) is 62.6 Å². The quantitative estimate of drug-likeness (QED) is 0.324. The molecule has 0 aromatic carbocycles. The fourth-order valence-electron chi connectivity index (χ4n) is 3.52. The molecule has 186 valence electrons. The molecule has 2 fully saturated rings. The second-order valence-corrected chi connectivity index (χ2v) is 8.83. The number of nitrogen functional groups attached to an aromatic ring is 1. The van der Waals surface area contributed by atoms with Crippen LogP contribution in [0, 0.1) is 10.1 Å². The lowest BCUT2D eigenvalue weighted by Gasteiger charge is -2.32. The highest BCUT2D eigenvalue weighted by atomic mass is 35.5. The smallest absolute Gasteiger partial charge is 0.289 e. The van der Waals surface area contributed by atoms with Gasteiger partial charge in [-0.1, -0.05) is 23.2 Å². The molecule has 4 heterocycles. The summed E-state index contributed by atoms with van der Waals surface area (Å²) in [7, 11) is 0. The third kappa shape index (κ3) is 6.72. The average molecular weight is 525 g/mol. The zero-order valence-corrected chi connectivity index (χ0v) is 19.4. The van der Waals surface area contributed by atoms with Crippen molar-refractivity contribution < 1.29 is 22.5 Å². The first-order valence-corrected chi connectivity index (χ1v) is 11.1. The summed E-state index contributed by atoms with van der Waals surface area (Å²) < 4.78 is 51.9. The minimum atomic E-state index is -2.65. The monoisotopic (exact) mass is 524 g/mol. The Labute approximate surface area is 202 Å². The molecule has 8 nitrogen and oxygen atoms in total. The van der Waals surface area contributed by atoms with Crippen LogP contribution in [0.1, 0.15) is 25.7 Å². The molecule has 2 N–H and O–H groups in total. The van der Waals surface area contributed by atoms with Crippen LogP contribution in [-0.4, -0.2) is 52.9 Å². The number of piperidine rings is 2. The number of rotatable bonds is 3. The van der Waals surface area contributed by atoms with Crippen molar-refractivity contribution in [1.29, 1.82) is 0 Å². The van der Waals surface area contributed by atoms with Gasteiger partial charge in [0.2, 0.25) is 0 Å². The molecule has 0 saturated carbocycles. The number of nitrogens with zero attached hydrogens (tertiary/aromatic N) is 5. The second-order valence-electron chi connectivity index (χ2n) is 8.02. The molecule has 14 heteroatoms. The van der Waals surface area contributed by atoms with Gasteiger partial charge in [0.1, 0.15) is 17.8 Å². The Bertz CT molecular complexity index is 1030. The molecule has 0 unspecified atom stereocenters. The van der Waals surface area contributed by atoms with E-state index in [0.29, 0.717) is 22.3 Å². The topological polar surface area (TPSA) is 101 Å². The first-order chi connectivity index (χ1) is 15.9. The average Bonchev–Trinajstić information content (AvgIpc) is 2.75. The third-order valence-electron chi connectivity index (χ3n) is 5.45. The van der Waals surface area contributed by atoms with Crippen LogP contribution in [0.15, 0.2) is 24.5 Å². The Hall–Kier alpha value is -2.60. The summed E-state index contributed by atoms with van der Waals surface area (Å²) in [5, 5.41) is 11.0. The minimum absolute atomic E-state index is 0.106. The van der Waals surface area contributed by atoms with Crippen molar-refractivity contribution in [2.24, 2.45) is 0 Å². The number of alkyl halides is 4. The predicted octanol–water partition coefficient (Wildman–Crippen LogP) is 5.43. The highest BCUT2D eigenvalue weighted by molar-refractivity contribution is 6.33. The van der Waals surface area contributed by atoms with Crippen molar-refractivity contribution in [3.8, 4) is 0 Å². The van der Waals surface area contributed by atoms with Crippen LogP contribution in [-0.2, 0) is 0 Å². The third-order valence-corrected chi connectivity index (χ3v) is 6.01. The highest BCUT2D eigenvalue weighted by Crippen LogP contribution is 2.34. The minimum Gasteiger partial charge on any atom is -0.397 e. The summed E-state index contributed by atoms with van der Waals surface area (Å²) in [6.45, 7) is 0.808. The zero-order chi connectivity index (χ0) is 25.1. The van der Waals surface area contributed by atoms with Crippen LogP contribution in [0.2, 0.25) is 10.0 Å². The number of hydrogen-bond donors (Lipinski definition) is 1. The molecule has 0 bridgehead atoms. The number of anilines is 3. The summed E-state index contributed by atoms with van der Waals surface area (Å²) in [4.78, 5) is 21.2. The fourth-order valence-corrected chi connectivity index (χ4v) is 4.10. The Morgan fingerprint density at radius 3 is 1.65 bits per heavy atom. The van der Waals surface area contributed by atoms with E-state index in [4.69, 9.17) is 28.9 Å². The normalized spacial score (nSPS) is 19.2. The fraction of sp³-hybridized carbons (Fsp3) is 0.500. The molecular formula is C20H22Cl2F4N6O2. The van der Waals surface area contributed by atoms with Crippen molar-refractivity contribution in [2.75, 3.05) is 41.7 Å². The molecule has 2 saturated heterocycles. The van der Waals surface area contributed by atoms with E-state index in [9.17, 15) is 27.7 Å². The number of nitrogens with two attached hydrogens (primary N) is 1. The SMILES string of the molecule is Nc1cnc(N2CCC(F)(F)CC2)c(Cl)c1.O=[N+]([O-])c1cnc(N2CCC(F)(F)CC2)c(Cl)c1. The Balaban J connectivity index is 0.000000192. The van der Waals surface area contributed by atoms with Crippen LogP contribution < -0.4 is 15.5 Å². The van der Waals surface area contributed by atoms with Gasteiger partial charge in [-0.15, -0.1) is 0 Å². The number of nitro groups is 1. The molecule has 0 aliphatic carbocycles. The van der Waals surface area contributed by atoms with E-state index in [1.165, 1.54) is 12.3 Å². The summed E-state index contributed by atoms with van der Waals surface area (Å²) in [5.74, 6) is -4.36. The van der Waals surface area contributed by atoms with Crippen molar-refractivity contribution >= 4 is 46.2 Å². The van der Waals surface area contributed by atoms with Crippen molar-refractivity contribution in [1.82, 2.24) is 9.97 Å². The number of halogens is 6. The van der Waals surface area contributed by atoms with Gasteiger partial charge in [0.15, 0.2) is 0 Å². The second kappa shape index (κ2) is 10.3. The predicted molar refractivity (Wildman–Crippen MR) is 122 cm³/mol. The maximum Gasteiger partial charge on any atom is 0.289 e. The lowest BCUT2D eigenvalue weighted by Crippen LogP contribution is -2.39. The van der Waals surface area contributed by atoms with E-state index in [1.54, 1.807) is 15.9 Å². The van der Waals surface area contributed by atoms with Gasteiger partial charge in [-0.2, -0.15) is 0 Å². The summed E-state index contributed by atoms with van der Waals surface area (Å²) in [6.07, 6.45) is 1.72. The molecule has 0 amide bonds. The zero-order valence-electron chi connectivity index (χ0n) is 17.9. The summed E-state index contributed by atoms with van der Waals surface area (Å²) >= 11 is 11.8. The van der Waals surface area contributed by atoms with Crippen LogP contribution in [0.3, 0.4) is 0 Å². The van der Waals surface area contributed by atoms with E-state index in [2.05, 4.69) is 9.97 Å². The van der Waals surface area contributed by atoms with Gasteiger partial charge < -0.3 is 15.5 Å². The van der Waals surface area contributed by atoms with Gasteiger partial charge in [0.25, 0.3) is 17.5 Å². The number of aromatic nitrogens is 2. The van der Waals surface area contributed by atoms with Crippen LogP contribution in [0.5, 0.6) is 0 Å². The molecule has 2 aromatic heterocycles. The van der Waals surface area contributed by atoms with Gasteiger partial charge in [0.05, 0.1) is 26.9 Å². The molecule has 2 aromatic rings. The Kier molecular flexibility index (Phi) is 7.91. The van der Waals surface area contributed by atoms with Crippen molar-refractivity contribution in [3.05, 3.63) is 44.7 Å². The summed E-state index contributed by atoms with van der Waals surface area (Å²) in [6, 6.07) is 2.76. The van der Waals surface area contributed by atoms with Crippen LogP contribution in [0.4, 0.5) is 40.6 Å². The van der Waals surface area contributed by atoms with E-state index in [0.717, 1.165) is 6.20 Å². The molecule has 0 radical (unpaired) electrons. The lowest BCUT2D eigenvalue weighted by atomic mass is 10.1. The molecule has 0 spiro atoms. The Morgan fingerprint density at radius 1 is 0.853 bits per heavy atom. The largest absolute Gasteiger partial charge is 0.397 e. The Morgan fingerprint density at radius 2 is 1.26 bits per heavy atom. The maximum absolute atomic E-state index is 13.0. The van der Waals surface area contributed by atoms with Gasteiger partial charge in [-0.25, -0.2) is 27.5 Å². The number of hydrogen-bond acceptors (Lipinski definition) is 7. The van der Waals surface area contributed by atoms with Crippen molar-refractivity contribution in [3.63, 3.8) is 0 Å². The lowest BCUT2D eigenvalue weighted by molar-refractivity contribution is -0.385. The molecule has 2 aliphatic heterocycles. The molecule has 2 aliphatic rings. The van der Waals surface area contributed by atoms with Gasteiger partial charge in [-0.05, 0) is 6.07 Å².